The van der Waals surface area contributed by atoms with Gasteiger partial charge in [-0.25, -0.2) is 4.98 Å². The number of pyridine rings is 1. The predicted molar refractivity (Wildman–Crippen MR) is 97.5 cm³/mol. The Morgan fingerprint density at radius 1 is 1.44 bits per heavy atom. The van der Waals surface area contributed by atoms with Crippen molar-refractivity contribution in [2.75, 3.05) is 38.1 Å². The highest BCUT2D eigenvalue weighted by molar-refractivity contribution is 5.75. The molecule has 3 rings (SSSR count). The van der Waals surface area contributed by atoms with Gasteiger partial charge in [-0.3, -0.25) is 9.20 Å². The molecule has 3 N–H and O–H groups in total. The van der Waals surface area contributed by atoms with Crippen molar-refractivity contribution in [3.8, 4) is 0 Å². The first-order valence-corrected chi connectivity index (χ1v) is 8.86. The molecule has 1 atom stereocenters. The van der Waals surface area contributed by atoms with Crippen molar-refractivity contribution in [3.05, 3.63) is 30.6 Å². The van der Waals surface area contributed by atoms with Crippen LogP contribution in [0.5, 0.6) is 0 Å². The summed E-state index contributed by atoms with van der Waals surface area (Å²) in [6.07, 6.45) is 6.48. The highest BCUT2D eigenvalue weighted by Gasteiger charge is 2.38. The van der Waals surface area contributed by atoms with Gasteiger partial charge < -0.3 is 20.6 Å². The van der Waals surface area contributed by atoms with Crippen molar-refractivity contribution in [1.29, 1.82) is 0 Å². The molecule has 0 saturated carbocycles. The monoisotopic (exact) mass is 345 g/mol. The number of nitrogens with zero attached hydrogens (tertiary/aromatic N) is 4. The maximum atomic E-state index is 12.2. The van der Waals surface area contributed by atoms with E-state index in [4.69, 9.17) is 5.73 Å². The van der Waals surface area contributed by atoms with Gasteiger partial charge >= 0.3 is 0 Å². The Morgan fingerprint density at radius 2 is 2.28 bits per heavy atom. The van der Waals surface area contributed by atoms with Crippen LogP contribution in [-0.2, 0) is 4.79 Å². The molecule has 0 radical (unpaired) electrons. The lowest BCUT2D eigenvalue weighted by Gasteiger charge is -2.29. The molecule has 1 saturated heterocycles. The van der Waals surface area contributed by atoms with Crippen LogP contribution in [0.4, 0.5) is 5.82 Å². The van der Waals surface area contributed by atoms with E-state index in [0.29, 0.717) is 32.5 Å². The number of anilines is 1. The smallest absolute Gasteiger partial charge is 0.222 e. The molecule has 3 heterocycles. The number of hydrogen-bond acceptors (Lipinski definition) is 5. The zero-order valence-corrected chi connectivity index (χ0v) is 14.8. The van der Waals surface area contributed by atoms with Crippen molar-refractivity contribution < 1.29 is 9.90 Å². The van der Waals surface area contributed by atoms with Crippen LogP contribution < -0.4 is 10.6 Å². The Hall–Kier alpha value is -2.12. The first-order valence-electron chi connectivity index (χ1n) is 8.86. The van der Waals surface area contributed by atoms with E-state index in [0.717, 1.165) is 30.9 Å². The summed E-state index contributed by atoms with van der Waals surface area (Å²) in [5, 5.41) is 11.0. The second-order valence-corrected chi connectivity index (χ2v) is 6.93. The highest BCUT2D eigenvalue weighted by Crippen LogP contribution is 2.28. The van der Waals surface area contributed by atoms with Gasteiger partial charge in [0.1, 0.15) is 17.1 Å². The minimum atomic E-state index is -0.888. The minimum absolute atomic E-state index is 0.0667. The van der Waals surface area contributed by atoms with Gasteiger partial charge in [-0.1, -0.05) is 6.07 Å². The van der Waals surface area contributed by atoms with Crippen LogP contribution in [0.2, 0.25) is 0 Å². The van der Waals surface area contributed by atoms with Gasteiger partial charge in [0.2, 0.25) is 5.91 Å². The predicted octanol–water partition coefficient (Wildman–Crippen LogP) is 0.863. The normalized spacial score (nSPS) is 20.4. The van der Waals surface area contributed by atoms with Crippen LogP contribution in [0.1, 0.15) is 25.7 Å². The molecule has 0 aromatic carbocycles. The number of hydrogen-bond donors (Lipinski definition) is 2. The molecule has 25 heavy (non-hydrogen) atoms. The van der Waals surface area contributed by atoms with E-state index in [2.05, 4.69) is 9.88 Å². The number of fused-ring (bicyclic) bond motifs is 1. The quantitative estimate of drug-likeness (QED) is 0.727. The van der Waals surface area contributed by atoms with Crippen molar-refractivity contribution in [2.45, 2.75) is 31.3 Å². The van der Waals surface area contributed by atoms with Crippen molar-refractivity contribution in [3.63, 3.8) is 0 Å². The maximum Gasteiger partial charge on any atom is 0.222 e. The zero-order chi connectivity index (χ0) is 17.9. The van der Waals surface area contributed by atoms with E-state index in [1.165, 1.54) is 0 Å². The average molecular weight is 345 g/mol. The van der Waals surface area contributed by atoms with E-state index < -0.39 is 5.60 Å². The molecule has 0 aliphatic carbocycles. The van der Waals surface area contributed by atoms with Crippen LogP contribution in [-0.4, -0.2) is 64.1 Å². The molecule has 1 aliphatic heterocycles. The van der Waals surface area contributed by atoms with E-state index >= 15 is 0 Å². The summed E-state index contributed by atoms with van der Waals surface area (Å²) >= 11 is 0. The molecule has 7 heteroatoms. The molecular formula is C18H27N5O2. The lowest BCUT2D eigenvalue weighted by atomic mass is 10.0. The molecule has 2 aromatic heterocycles. The van der Waals surface area contributed by atoms with Crippen LogP contribution in [0.25, 0.3) is 5.65 Å². The number of nitrogens with two attached hydrogens (primary N) is 1. The largest absolute Gasteiger partial charge is 0.386 e. The summed E-state index contributed by atoms with van der Waals surface area (Å²) in [5.41, 5.74) is 5.47. The number of carbonyl (C=O) groups is 1. The summed E-state index contributed by atoms with van der Waals surface area (Å²) in [6.45, 7) is 2.22. The van der Waals surface area contributed by atoms with Crippen molar-refractivity contribution in [2.24, 2.45) is 5.73 Å². The summed E-state index contributed by atoms with van der Waals surface area (Å²) < 4.78 is 2.02. The summed E-state index contributed by atoms with van der Waals surface area (Å²) in [6, 6.07) is 5.96. The fourth-order valence-electron chi connectivity index (χ4n) is 3.51. The fourth-order valence-corrected chi connectivity index (χ4v) is 3.51. The molecule has 136 valence electrons. The van der Waals surface area contributed by atoms with Gasteiger partial charge in [0.15, 0.2) is 0 Å². The molecule has 7 nitrogen and oxygen atoms in total. The fraction of sp³-hybridized carbons (Fsp3) is 0.556. The van der Waals surface area contributed by atoms with E-state index in [-0.39, 0.29) is 5.91 Å². The number of aliphatic hydroxyl groups is 1. The average Bonchev–Trinajstić information content (AvgIpc) is 3.21. The molecule has 2 aromatic rings. The number of amides is 1. The Morgan fingerprint density at radius 3 is 3.08 bits per heavy atom. The minimum Gasteiger partial charge on any atom is -0.386 e. The highest BCUT2D eigenvalue weighted by atomic mass is 16.3. The number of imidazole rings is 1. The number of β-amino-alcohol motifs (C(OH)–C–C–N with tert-alkyl or cyclic N) is 1. The van der Waals surface area contributed by atoms with Crippen LogP contribution in [0.15, 0.2) is 30.6 Å². The van der Waals surface area contributed by atoms with Crippen LogP contribution >= 0.6 is 0 Å². The Bertz CT molecular complexity index is 731. The van der Waals surface area contributed by atoms with E-state index in [1.54, 1.807) is 18.1 Å². The lowest BCUT2D eigenvalue weighted by molar-refractivity contribution is -0.132. The number of carbonyl (C=O) groups excluding carboxylic acids is 1. The third-order valence-electron chi connectivity index (χ3n) is 4.87. The molecule has 0 unspecified atom stereocenters. The Kier molecular flexibility index (Phi) is 5.24. The third kappa shape index (κ3) is 3.93. The van der Waals surface area contributed by atoms with Gasteiger partial charge in [-0.05, 0) is 37.9 Å². The third-order valence-corrected chi connectivity index (χ3v) is 4.87. The summed E-state index contributed by atoms with van der Waals surface area (Å²) in [7, 11) is 1.77. The zero-order valence-electron chi connectivity index (χ0n) is 14.8. The number of aromatic nitrogens is 2. The van der Waals surface area contributed by atoms with Crippen LogP contribution in [0.3, 0.4) is 0 Å². The van der Waals surface area contributed by atoms with Gasteiger partial charge in [-0.2, -0.15) is 0 Å². The second kappa shape index (κ2) is 7.41. The summed E-state index contributed by atoms with van der Waals surface area (Å²) in [5.74, 6) is 1.08. The number of likely N-dealkylation sites (N-methyl/N-ethyl adjacent to an activating group) is 1. The number of unbranched alkanes of at least 4 members (excludes halogenated alkanes) is 1. The Balaban J connectivity index is 1.63. The van der Waals surface area contributed by atoms with Crippen molar-refractivity contribution >= 4 is 17.4 Å². The van der Waals surface area contributed by atoms with Gasteiger partial charge in [0, 0.05) is 39.0 Å². The lowest BCUT2D eigenvalue weighted by Crippen LogP contribution is -2.46. The molecule has 0 bridgehead atoms. The van der Waals surface area contributed by atoms with E-state index in [1.807, 2.05) is 28.8 Å². The first kappa shape index (κ1) is 17.7. The standard InChI is InChI=1S/C18H27N5O2/c1-21(17(24)7-2-3-9-19)13-18(25)8-11-22(14-18)16-6-4-5-15-20-10-12-23(15)16/h4-6,10,12,25H,2-3,7-9,11,13-14,19H2,1H3/t18-/m1/s1. The SMILES string of the molecule is CN(C[C@]1(O)CCN(c2cccc3nccn23)C1)C(=O)CCCCN. The molecule has 0 spiro atoms. The second-order valence-electron chi connectivity index (χ2n) is 6.93. The summed E-state index contributed by atoms with van der Waals surface area (Å²) in [4.78, 5) is 20.3. The maximum absolute atomic E-state index is 12.2. The van der Waals surface area contributed by atoms with Crippen molar-refractivity contribution in [1.82, 2.24) is 14.3 Å². The topological polar surface area (TPSA) is 87.1 Å². The van der Waals surface area contributed by atoms with Gasteiger partial charge in [0.25, 0.3) is 0 Å². The molecule has 1 fully saturated rings. The van der Waals surface area contributed by atoms with Crippen LogP contribution in [0, 0.1) is 0 Å². The Labute approximate surface area is 148 Å². The molecule has 1 aliphatic rings. The molecular weight excluding hydrogens is 318 g/mol. The molecule has 1 amide bonds. The number of rotatable bonds is 7. The van der Waals surface area contributed by atoms with Gasteiger partial charge in [-0.15, -0.1) is 0 Å². The van der Waals surface area contributed by atoms with Gasteiger partial charge in [0.05, 0.1) is 6.54 Å². The first-order chi connectivity index (χ1) is 12.0. The van der Waals surface area contributed by atoms with E-state index in [9.17, 15) is 9.90 Å².